The molecule has 0 aliphatic rings. The number of carbonyl (C=O) groups excluding carboxylic acids is 1. The van der Waals surface area contributed by atoms with E-state index in [1.807, 2.05) is 18.3 Å². The summed E-state index contributed by atoms with van der Waals surface area (Å²) < 4.78 is 2.08. The van der Waals surface area contributed by atoms with Crippen molar-refractivity contribution in [1.82, 2.24) is 10.0 Å². The molecule has 0 aliphatic heterocycles. The second kappa shape index (κ2) is 5.41. The maximum Gasteiger partial charge on any atom is 0.245 e. The molecule has 0 saturated heterocycles. The van der Waals surface area contributed by atoms with Crippen molar-refractivity contribution in [3.63, 3.8) is 0 Å². The quantitative estimate of drug-likeness (QED) is 0.498. The first kappa shape index (κ1) is 10.7. The lowest BCUT2D eigenvalue weighted by molar-refractivity contribution is -0.125. The lowest BCUT2D eigenvalue weighted by Gasteiger charge is -2.07. The minimum atomic E-state index is -0.483. The third kappa shape index (κ3) is 3.20. The van der Waals surface area contributed by atoms with Gasteiger partial charge in [0, 0.05) is 18.4 Å². The molecule has 0 aliphatic carbocycles. The van der Waals surface area contributed by atoms with Gasteiger partial charge in [0.2, 0.25) is 5.91 Å². The van der Waals surface area contributed by atoms with E-state index in [1.54, 1.807) is 0 Å². The predicted molar refractivity (Wildman–Crippen MR) is 52.1 cm³/mol. The first-order valence-corrected chi connectivity index (χ1v) is 4.51. The number of primary amides is 1. The lowest BCUT2D eigenvalue weighted by Crippen LogP contribution is -2.25. The van der Waals surface area contributed by atoms with Crippen molar-refractivity contribution in [2.75, 3.05) is 6.61 Å². The van der Waals surface area contributed by atoms with Crippen molar-refractivity contribution in [2.45, 2.75) is 20.0 Å². The van der Waals surface area contributed by atoms with Crippen LogP contribution in [-0.2, 0) is 22.7 Å². The first-order valence-electron chi connectivity index (χ1n) is 4.51. The summed E-state index contributed by atoms with van der Waals surface area (Å²) >= 11 is 0. The number of aryl methyl sites for hydroxylation is 1. The van der Waals surface area contributed by atoms with E-state index < -0.39 is 5.91 Å². The second-order valence-corrected chi connectivity index (χ2v) is 2.86. The number of hydrogen-bond donors (Lipinski definition) is 2. The number of hydrogen-bond acceptors (Lipinski definition) is 3. The molecule has 0 bridgehead atoms. The van der Waals surface area contributed by atoms with Gasteiger partial charge in [-0.1, -0.05) is 0 Å². The molecule has 5 nitrogen and oxygen atoms in total. The molecule has 1 amide bonds. The van der Waals surface area contributed by atoms with Crippen molar-refractivity contribution in [3.8, 4) is 0 Å². The number of carbonyl (C=O) groups is 1. The smallest absolute Gasteiger partial charge is 0.245 e. The Labute approximate surface area is 82.8 Å². The van der Waals surface area contributed by atoms with Gasteiger partial charge in [0.05, 0.1) is 6.54 Å². The second-order valence-electron chi connectivity index (χ2n) is 2.86. The zero-order valence-corrected chi connectivity index (χ0v) is 8.19. The summed E-state index contributed by atoms with van der Waals surface area (Å²) in [6.45, 7) is 3.44. The van der Waals surface area contributed by atoms with Crippen molar-refractivity contribution in [1.29, 1.82) is 0 Å². The number of hydroxylamine groups is 1. The molecule has 1 heterocycles. The van der Waals surface area contributed by atoms with Gasteiger partial charge in [-0.3, -0.25) is 9.63 Å². The summed E-state index contributed by atoms with van der Waals surface area (Å²) in [5, 5.41) is 0. The van der Waals surface area contributed by atoms with E-state index in [0.29, 0.717) is 6.54 Å². The molecule has 0 radical (unpaired) electrons. The molecule has 1 rings (SSSR count). The molecule has 1 aromatic rings. The molecule has 5 heteroatoms. The zero-order valence-electron chi connectivity index (χ0n) is 8.19. The van der Waals surface area contributed by atoms with Gasteiger partial charge < -0.3 is 10.3 Å². The van der Waals surface area contributed by atoms with Crippen molar-refractivity contribution in [3.05, 3.63) is 24.0 Å². The summed E-state index contributed by atoms with van der Waals surface area (Å²) in [6, 6.07) is 3.96. The molecule has 0 fully saturated rings. The first-order chi connectivity index (χ1) is 6.74. The molecule has 0 unspecified atom stereocenters. The van der Waals surface area contributed by atoms with Crippen LogP contribution in [0.3, 0.4) is 0 Å². The monoisotopic (exact) mass is 197 g/mol. The normalized spacial score (nSPS) is 10.4. The highest BCUT2D eigenvalue weighted by atomic mass is 16.6. The van der Waals surface area contributed by atoms with Gasteiger partial charge in [-0.2, -0.15) is 5.48 Å². The van der Waals surface area contributed by atoms with E-state index in [4.69, 9.17) is 10.6 Å². The third-order valence-corrected chi connectivity index (χ3v) is 1.83. The fourth-order valence-corrected chi connectivity index (χ4v) is 1.17. The van der Waals surface area contributed by atoms with Gasteiger partial charge >= 0.3 is 0 Å². The van der Waals surface area contributed by atoms with Crippen LogP contribution in [0.1, 0.15) is 12.6 Å². The molecule has 14 heavy (non-hydrogen) atoms. The van der Waals surface area contributed by atoms with Crippen molar-refractivity contribution >= 4 is 5.91 Å². The van der Waals surface area contributed by atoms with Crippen LogP contribution in [0.4, 0.5) is 0 Å². The summed E-state index contributed by atoms with van der Waals surface area (Å²) in [4.78, 5) is 15.2. The number of nitrogens with one attached hydrogen (secondary N) is 1. The molecule has 3 N–H and O–H groups in total. The fraction of sp³-hybridized carbons (Fsp3) is 0.444. The van der Waals surface area contributed by atoms with E-state index in [-0.39, 0.29) is 6.61 Å². The number of aromatic nitrogens is 1. The average molecular weight is 197 g/mol. The third-order valence-electron chi connectivity index (χ3n) is 1.83. The van der Waals surface area contributed by atoms with Gasteiger partial charge in [-0.05, 0) is 19.1 Å². The fourth-order valence-electron chi connectivity index (χ4n) is 1.17. The predicted octanol–water partition coefficient (Wildman–Crippen LogP) is 0.0145. The Morgan fingerprint density at radius 3 is 3.14 bits per heavy atom. The molecule has 0 aromatic carbocycles. The van der Waals surface area contributed by atoms with Gasteiger partial charge in [0.15, 0.2) is 0 Å². The highest BCUT2D eigenvalue weighted by molar-refractivity contribution is 5.74. The Balaban J connectivity index is 2.27. The number of nitrogens with zero attached hydrogens (tertiary/aromatic N) is 1. The maximum atomic E-state index is 10.3. The molecular formula is C9H15N3O2. The van der Waals surface area contributed by atoms with E-state index >= 15 is 0 Å². The van der Waals surface area contributed by atoms with Crippen molar-refractivity contribution < 1.29 is 9.63 Å². The molecular weight excluding hydrogens is 182 g/mol. The van der Waals surface area contributed by atoms with E-state index in [1.165, 1.54) is 0 Å². The van der Waals surface area contributed by atoms with Crippen LogP contribution >= 0.6 is 0 Å². The summed E-state index contributed by atoms with van der Waals surface area (Å²) in [6.07, 6.45) is 1.99. The molecule has 0 saturated carbocycles. The Morgan fingerprint density at radius 1 is 1.71 bits per heavy atom. The Hall–Kier alpha value is -1.33. The number of amides is 1. The molecule has 0 spiro atoms. The minimum Gasteiger partial charge on any atom is -0.368 e. The van der Waals surface area contributed by atoms with Gasteiger partial charge in [-0.15, -0.1) is 0 Å². The molecule has 0 atom stereocenters. The van der Waals surface area contributed by atoms with Crippen LogP contribution in [0.15, 0.2) is 18.3 Å². The SMILES string of the molecule is CCn1cccc1CNOCC(N)=O. The van der Waals surface area contributed by atoms with Crippen LogP contribution < -0.4 is 11.2 Å². The van der Waals surface area contributed by atoms with E-state index in [9.17, 15) is 4.79 Å². The Kier molecular flexibility index (Phi) is 4.15. The highest BCUT2D eigenvalue weighted by Gasteiger charge is 1.98. The molecule has 78 valence electrons. The largest absolute Gasteiger partial charge is 0.368 e. The highest BCUT2D eigenvalue weighted by Crippen LogP contribution is 2.00. The number of nitrogens with two attached hydrogens (primary N) is 1. The van der Waals surface area contributed by atoms with Gasteiger partial charge in [0.25, 0.3) is 0 Å². The summed E-state index contributed by atoms with van der Waals surface area (Å²) in [7, 11) is 0. The Morgan fingerprint density at radius 2 is 2.50 bits per heavy atom. The van der Waals surface area contributed by atoms with Crippen LogP contribution in [0.5, 0.6) is 0 Å². The molecule has 1 aromatic heterocycles. The minimum absolute atomic E-state index is 0.104. The summed E-state index contributed by atoms with van der Waals surface area (Å²) in [5.74, 6) is -0.483. The van der Waals surface area contributed by atoms with E-state index in [2.05, 4.69) is 17.0 Å². The zero-order chi connectivity index (χ0) is 10.4. The van der Waals surface area contributed by atoms with Crippen LogP contribution in [0.2, 0.25) is 0 Å². The number of rotatable bonds is 6. The standard InChI is InChI=1S/C9H15N3O2/c1-2-12-5-3-4-8(12)6-11-14-7-9(10)13/h3-5,11H,2,6-7H2,1H3,(H2,10,13). The van der Waals surface area contributed by atoms with E-state index in [0.717, 1.165) is 12.2 Å². The van der Waals surface area contributed by atoms with Gasteiger partial charge in [0.1, 0.15) is 6.61 Å². The van der Waals surface area contributed by atoms with Gasteiger partial charge in [-0.25, -0.2) is 0 Å². The summed E-state index contributed by atoms with van der Waals surface area (Å²) in [5.41, 5.74) is 8.68. The van der Waals surface area contributed by atoms with Crippen LogP contribution in [0, 0.1) is 0 Å². The van der Waals surface area contributed by atoms with Crippen molar-refractivity contribution in [2.24, 2.45) is 5.73 Å². The Bertz CT molecular complexity index is 296. The van der Waals surface area contributed by atoms with Crippen LogP contribution in [-0.4, -0.2) is 17.1 Å². The van der Waals surface area contributed by atoms with Crippen LogP contribution in [0.25, 0.3) is 0 Å². The lowest BCUT2D eigenvalue weighted by atomic mass is 10.4. The maximum absolute atomic E-state index is 10.3. The topological polar surface area (TPSA) is 69.3 Å². The average Bonchev–Trinajstić information content (AvgIpc) is 2.59.